The van der Waals surface area contributed by atoms with E-state index in [-0.39, 0.29) is 11.7 Å². The molecule has 2 aromatic heterocycles. The molecule has 2 heterocycles. The van der Waals surface area contributed by atoms with Crippen LogP contribution in [-0.4, -0.2) is 36.6 Å². The van der Waals surface area contributed by atoms with Gasteiger partial charge in [-0.15, -0.1) is 20.4 Å². The summed E-state index contributed by atoms with van der Waals surface area (Å²) in [7, 11) is 0. The van der Waals surface area contributed by atoms with E-state index >= 15 is 0 Å². The van der Waals surface area contributed by atoms with E-state index in [1.807, 2.05) is 65.2 Å². The first-order valence-corrected chi connectivity index (χ1v) is 9.93. The quantitative estimate of drug-likeness (QED) is 0.504. The van der Waals surface area contributed by atoms with Gasteiger partial charge in [-0.05, 0) is 12.1 Å². The van der Waals surface area contributed by atoms with Crippen molar-refractivity contribution in [1.29, 1.82) is 0 Å². The van der Waals surface area contributed by atoms with Crippen molar-refractivity contribution in [3.63, 3.8) is 0 Å². The Morgan fingerprint density at radius 1 is 1.00 bits per heavy atom. The number of carbonyl (C=O) groups excluding carboxylic acids is 1. The van der Waals surface area contributed by atoms with Crippen molar-refractivity contribution in [3.05, 3.63) is 66.2 Å². The first kappa shape index (κ1) is 17.4. The Labute approximate surface area is 163 Å². The van der Waals surface area contributed by atoms with E-state index in [0.29, 0.717) is 10.3 Å². The van der Waals surface area contributed by atoms with Crippen LogP contribution in [0.25, 0.3) is 17.1 Å². The lowest BCUT2D eigenvalue weighted by Gasteiger charge is -2.10. The molecule has 0 atom stereocenters. The first-order valence-electron chi connectivity index (χ1n) is 8.06. The standard InChI is InChI=1S/C18H14N6OS2/c25-15(20-17-22-19-12-27-17)11-26-18-23-21-16(13-7-3-1-4-8-13)24(18)14-9-5-2-6-10-14/h1-10,12H,11H2,(H,20,22,25). The van der Waals surface area contributed by atoms with Gasteiger partial charge in [0.15, 0.2) is 11.0 Å². The van der Waals surface area contributed by atoms with Crippen molar-refractivity contribution in [3.8, 4) is 17.1 Å². The molecule has 0 bridgehead atoms. The molecule has 0 saturated heterocycles. The molecular weight excluding hydrogens is 380 g/mol. The summed E-state index contributed by atoms with van der Waals surface area (Å²) >= 11 is 2.60. The molecule has 1 amide bonds. The summed E-state index contributed by atoms with van der Waals surface area (Å²) in [5.74, 6) is 0.758. The minimum Gasteiger partial charge on any atom is -0.300 e. The number of hydrogen-bond donors (Lipinski definition) is 1. The van der Waals surface area contributed by atoms with Gasteiger partial charge in [0, 0.05) is 11.3 Å². The maximum Gasteiger partial charge on any atom is 0.236 e. The first-order chi connectivity index (χ1) is 13.3. The van der Waals surface area contributed by atoms with Gasteiger partial charge in [-0.2, -0.15) is 0 Å². The molecule has 9 heteroatoms. The lowest BCUT2D eigenvalue weighted by Crippen LogP contribution is -2.14. The van der Waals surface area contributed by atoms with Crippen LogP contribution < -0.4 is 5.32 Å². The third kappa shape index (κ3) is 4.04. The van der Waals surface area contributed by atoms with Gasteiger partial charge in [0.05, 0.1) is 5.75 Å². The third-order valence-corrected chi connectivity index (χ3v) is 5.15. The fraction of sp³-hybridized carbons (Fsp3) is 0.0556. The number of benzene rings is 2. The van der Waals surface area contributed by atoms with Crippen LogP contribution in [0.2, 0.25) is 0 Å². The van der Waals surface area contributed by atoms with Gasteiger partial charge in [0.1, 0.15) is 5.51 Å². The number of nitrogens with one attached hydrogen (secondary N) is 1. The van der Waals surface area contributed by atoms with Crippen molar-refractivity contribution >= 4 is 34.1 Å². The minimum atomic E-state index is -0.166. The summed E-state index contributed by atoms with van der Waals surface area (Å²) in [5, 5.41) is 20.0. The van der Waals surface area contributed by atoms with Gasteiger partial charge in [-0.25, -0.2) is 0 Å². The van der Waals surface area contributed by atoms with E-state index in [4.69, 9.17) is 0 Å². The number of thioether (sulfide) groups is 1. The average molecular weight is 394 g/mol. The number of rotatable bonds is 6. The van der Waals surface area contributed by atoms with E-state index < -0.39 is 0 Å². The second-order valence-electron chi connectivity index (χ2n) is 5.42. The molecule has 4 rings (SSSR count). The molecule has 0 radical (unpaired) electrons. The second kappa shape index (κ2) is 8.11. The molecule has 0 aliphatic carbocycles. The predicted molar refractivity (Wildman–Crippen MR) is 106 cm³/mol. The molecule has 7 nitrogen and oxygen atoms in total. The van der Waals surface area contributed by atoms with Crippen molar-refractivity contribution in [2.45, 2.75) is 5.16 Å². The summed E-state index contributed by atoms with van der Waals surface area (Å²) in [6, 6.07) is 19.7. The Morgan fingerprint density at radius 2 is 1.74 bits per heavy atom. The Morgan fingerprint density at radius 3 is 2.44 bits per heavy atom. The molecule has 0 unspecified atom stereocenters. The van der Waals surface area contributed by atoms with Crippen LogP contribution in [-0.2, 0) is 4.79 Å². The molecular formula is C18H14N6OS2. The highest BCUT2D eigenvalue weighted by Crippen LogP contribution is 2.27. The second-order valence-corrected chi connectivity index (χ2v) is 7.20. The summed E-state index contributed by atoms with van der Waals surface area (Å²) in [6.07, 6.45) is 0. The Balaban J connectivity index is 1.61. The van der Waals surface area contributed by atoms with Crippen LogP contribution in [0.5, 0.6) is 0 Å². The number of para-hydroxylation sites is 1. The highest BCUT2D eigenvalue weighted by molar-refractivity contribution is 7.99. The number of carbonyl (C=O) groups is 1. The van der Waals surface area contributed by atoms with Crippen LogP contribution in [0.3, 0.4) is 0 Å². The molecule has 0 aliphatic heterocycles. The van der Waals surface area contributed by atoms with Gasteiger partial charge >= 0.3 is 0 Å². The Hall–Kier alpha value is -3.04. The highest BCUT2D eigenvalue weighted by Gasteiger charge is 2.17. The molecule has 2 aromatic carbocycles. The van der Waals surface area contributed by atoms with Gasteiger partial charge in [-0.3, -0.25) is 14.7 Å². The summed E-state index contributed by atoms with van der Waals surface area (Å²) in [5.41, 5.74) is 3.47. The summed E-state index contributed by atoms with van der Waals surface area (Å²) in [4.78, 5) is 12.2. The topological polar surface area (TPSA) is 85.6 Å². The summed E-state index contributed by atoms with van der Waals surface area (Å²) < 4.78 is 1.96. The van der Waals surface area contributed by atoms with E-state index in [1.165, 1.54) is 23.1 Å². The zero-order valence-corrected chi connectivity index (χ0v) is 15.7. The molecule has 134 valence electrons. The smallest absolute Gasteiger partial charge is 0.236 e. The maximum atomic E-state index is 12.2. The lowest BCUT2D eigenvalue weighted by molar-refractivity contribution is -0.113. The van der Waals surface area contributed by atoms with E-state index in [1.54, 1.807) is 5.51 Å². The van der Waals surface area contributed by atoms with E-state index in [9.17, 15) is 4.79 Å². The van der Waals surface area contributed by atoms with Gasteiger partial charge in [-0.1, -0.05) is 71.6 Å². The molecule has 0 saturated carbocycles. The zero-order chi connectivity index (χ0) is 18.5. The van der Waals surface area contributed by atoms with Crippen molar-refractivity contribution in [2.24, 2.45) is 0 Å². The van der Waals surface area contributed by atoms with Crippen LogP contribution in [0, 0.1) is 0 Å². The van der Waals surface area contributed by atoms with Crippen LogP contribution >= 0.6 is 23.1 Å². The zero-order valence-electron chi connectivity index (χ0n) is 14.0. The average Bonchev–Trinajstić information content (AvgIpc) is 3.37. The summed E-state index contributed by atoms with van der Waals surface area (Å²) in [6.45, 7) is 0. The maximum absolute atomic E-state index is 12.2. The number of hydrogen-bond acceptors (Lipinski definition) is 7. The van der Waals surface area contributed by atoms with Crippen molar-refractivity contribution < 1.29 is 4.79 Å². The Kier molecular flexibility index (Phi) is 5.22. The minimum absolute atomic E-state index is 0.166. The van der Waals surface area contributed by atoms with Crippen LogP contribution in [0.4, 0.5) is 5.13 Å². The SMILES string of the molecule is O=C(CSc1nnc(-c2ccccc2)n1-c1ccccc1)Nc1nncs1. The monoisotopic (exact) mass is 394 g/mol. The largest absolute Gasteiger partial charge is 0.300 e. The van der Waals surface area contributed by atoms with Gasteiger partial charge < -0.3 is 0 Å². The van der Waals surface area contributed by atoms with Crippen molar-refractivity contribution in [1.82, 2.24) is 25.0 Å². The normalized spacial score (nSPS) is 10.7. The molecule has 27 heavy (non-hydrogen) atoms. The molecule has 0 spiro atoms. The van der Waals surface area contributed by atoms with Crippen LogP contribution in [0.1, 0.15) is 0 Å². The number of anilines is 1. The number of nitrogens with zero attached hydrogens (tertiary/aromatic N) is 5. The molecule has 0 aliphatic rings. The molecule has 1 N–H and O–H groups in total. The fourth-order valence-electron chi connectivity index (χ4n) is 2.46. The number of aromatic nitrogens is 5. The predicted octanol–water partition coefficient (Wildman–Crippen LogP) is 3.52. The van der Waals surface area contributed by atoms with Gasteiger partial charge in [0.25, 0.3) is 0 Å². The fourth-order valence-corrected chi connectivity index (χ4v) is 3.67. The Bertz CT molecular complexity index is 1020. The highest BCUT2D eigenvalue weighted by atomic mass is 32.2. The number of amides is 1. The van der Waals surface area contributed by atoms with E-state index in [2.05, 4.69) is 25.7 Å². The third-order valence-electron chi connectivity index (χ3n) is 3.62. The molecule has 0 fully saturated rings. The van der Waals surface area contributed by atoms with Gasteiger partial charge in [0.2, 0.25) is 11.0 Å². The lowest BCUT2D eigenvalue weighted by atomic mass is 10.2. The molecule has 4 aromatic rings. The van der Waals surface area contributed by atoms with Crippen molar-refractivity contribution in [2.75, 3.05) is 11.1 Å². The van der Waals surface area contributed by atoms with E-state index in [0.717, 1.165) is 17.1 Å². The van der Waals surface area contributed by atoms with Crippen LogP contribution in [0.15, 0.2) is 71.3 Å².